The first-order valence-electron chi connectivity index (χ1n) is 6.84. The van der Waals surface area contributed by atoms with Crippen molar-refractivity contribution in [2.45, 2.75) is 6.54 Å². The van der Waals surface area contributed by atoms with Gasteiger partial charge in [-0.05, 0) is 18.2 Å². The van der Waals surface area contributed by atoms with Gasteiger partial charge in [0, 0.05) is 49.9 Å². The predicted molar refractivity (Wildman–Crippen MR) is 82.7 cm³/mol. The van der Waals surface area contributed by atoms with E-state index in [1.165, 1.54) is 11.3 Å². The second kappa shape index (κ2) is 6.19. The second-order valence-electron chi connectivity index (χ2n) is 4.95. The van der Waals surface area contributed by atoms with Crippen LogP contribution in [0.3, 0.4) is 0 Å². The molecule has 0 radical (unpaired) electrons. The number of piperazine rings is 1. The van der Waals surface area contributed by atoms with E-state index in [9.17, 15) is 10.1 Å². The molecule has 0 spiro atoms. The van der Waals surface area contributed by atoms with E-state index in [-0.39, 0.29) is 9.92 Å². The van der Waals surface area contributed by atoms with E-state index in [0.717, 1.165) is 43.4 Å². The zero-order valence-electron chi connectivity index (χ0n) is 11.5. The van der Waals surface area contributed by atoms with E-state index in [0.29, 0.717) is 0 Å². The lowest BCUT2D eigenvalue weighted by Gasteiger charge is -2.35. The Hall–Kier alpha value is -1.99. The molecule has 1 aliphatic heterocycles. The van der Waals surface area contributed by atoms with Crippen molar-refractivity contribution >= 4 is 22.2 Å². The van der Waals surface area contributed by atoms with Crippen LogP contribution in [0.15, 0.2) is 36.5 Å². The maximum Gasteiger partial charge on any atom is 0.324 e. The molecule has 7 heteroatoms. The van der Waals surface area contributed by atoms with Crippen LogP contribution in [0.1, 0.15) is 4.88 Å². The van der Waals surface area contributed by atoms with Crippen molar-refractivity contribution in [2.24, 2.45) is 0 Å². The molecule has 1 fully saturated rings. The zero-order chi connectivity index (χ0) is 14.7. The van der Waals surface area contributed by atoms with Crippen LogP contribution in [0.4, 0.5) is 10.8 Å². The minimum absolute atomic E-state index is 0.220. The van der Waals surface area contributed by atoms with Gasteiger partial charge in [0.15, 0.2) is 0 Å². The number of nitro groups is 1. The molecule has 2 aromatic rings. The van der Waals surface area contributed by atoms with E-state index in [4.69, 9.17) is 0 Å². The van der Waals surface area contributed by atoms with Gasteiger partial charge in [0.25, 0.3) is 0 Å². The number of nitrogens with zero attached hydrogens (tertiary/aromatic N) is 4. The molecule has 0 aromatic carbocycles. The van der Waals surface area contributed by atoms with Crippen LogP contribution in [-0.4, -0.2) is 41.0 Å². The Kier molecular flexibility index (Phi) is 4.12. The average Bonchev–Trinajstić information content (AvgIpc) is 2.98. The summed E-state index contributed by atoms with van der Waals surface area (Å²) in [5.74, 6) is 1.02. The minimum atomic E-state index is -0.326. The molecule has 21 heavy (non-hydrogen) atoms. The van der Waals surface area contributed by atoms with Gasteiger partial charge in [-0.3, -0.25) is 15.0 Å². The van der Waals surface area contributed by atoms with Gasteiger partial charge in [-0.25, -0.2) is 4.98 Å². The first-order valence-corrected chi connectivity index (χ1v) is 7.65. The van der Waals surface area contributed by atoms with Crippen molar-refractivity contribution < 1.29 is 4.92 Å². The molecule has 6 nitrogen and oxygen atoms in total. The summed E-state index contributed by atoms with van der Waals surface area (Å²) in [6, 6.07) is 9.39. The molecular formula is C14H16N4O2S. The number of anilines is 1. The van der Waals surface area contributed by atoms with Gasteiger partial charge in [0.1, 0.15) is 5.82 Å². The maximum absolute atomic E-state index is 10.7. The van der Waals surface area contributed by atoms with Crippen molar-refractivity contribution in [2.75, 3.05) is 31.1 Å². The monoisotopic (exact) mass is 304 g/mol. The van der Waals surface area contributed by atoms with Crippen molar-refractivity contribution in [3.8, 4) is 0 Å². The van der Waals surface area contributed by atoms with Crippen LogP contribution in [0, 0.1) is 10.1 Å². The number of hydrogen-bond acceptors (Lipinski definition) is 6. The van der Waals surface area contributed by atoms with Gasteiger partial charge in [0.05, 0.1) is 4.92 Å². The van der Waals surface area contributed by atoms with E-state index in [1.54, 1.807) is 6.07 Å². The lowest BCUT2D eigenvalue weighted by atomic mass is 10.3. The summed E-state index contributed by atoms with van der Waals surface area (Å²) in [4.78, 5) is 20.4. The summed E-state index contributed by atoms with van der Waals surface area (Å²) >= 11 is 1.27. The highest BCUT2D eigenvalue weighted by Gasteiger charge is 2.19. The van der Waals surface area contributed by atoms with Crippen LogP contribution in [0.2, 0.25) is 0 Å². The van der Waals surface area contributed by atoms with Gasteiger partial charge in [-0.15, -0.1) is 0 Å². The van der Waals surface area contributed by atoms with Gasteiger partial charge >= 0.3 is 5.00 Å². The topological polar surface area (TPSA) is 62.5 Å². The Labute approximate surface area is 126 Å². The molecular weight excluding hydrogens is 288 g/mol. The van der Waals surface area contributed by atoms with Crippen LogP contribution in [0.25, 0.3) is 0 Å². The quantitative estimate of drug-likeness (QED) is 0.641. The third-order valence-corrected chi connectivity index (χ3v) is 4.57. The molecule has 0 saturated carbocycles. The number of rotatable bonds is 4. The fourth-order valence-corrected chi connectivity index (χ4v) is 3.31. The molecule has 3 rings (SSSR count). The third kappa shape index (κ3) is 3.37. The Balaban J connectivity index is 1.55. The molecule has 0 aliphatic carbocycles. The first kappa shape index (κ1) is 14.0. The number of thiophene rings is 1. The standard InChI is InChI=1S/C14H16N4O2S/c19-18(20)14-5-4-12(21-14)11-16-7-9-17(10-8-16)13-3-1-2-6-15-13/h1-6H,7-11H2. The Morgan fingerprint density at radius 1 is 1.19 bits per heavy atom. The number of aromatic nitrogens is 1. The summed E-state index contributed by atoms with van der Waals surface area (Å²) < 4.78 is 0. The van der Waals surface area contributed by atoms with Crippen molar-refractivity contribution in [1.29, 1.82) is 0 Å². The molecule has 0 unspecified atom stereocenters. The molecule has 1 aliphatic rings. The van der Waals surface area contributed by atoms with Crippen molar-refractivity contribution in [3.63, 3.8) is 0 Å². The van der Waals surface area contributed by atoms with Crippen molar-refractivity contribution in [1.82, 2.24) is 9.88 Å². The number of pyridine rings is 1. The minimum Gasteiger partial charge on any atom is -0.354 e. The average molecular weight is 304 g/mol. The Morgan fingerprint density at radius 2 is 2.00 bits per heavy atom. The smallest absolute Gasteiger partial charge is 0.324 e. The fraction of sp³-hybridized carbons (Fsp3) is 0.357. The van der Waals surface area contributed by atoms with E-state index in [1.807, 2.05) is 30.5 Å². The highest BCUT2D eigenvalue weighted by Crippen LogP contribution is 2.25. The predicted octanol–water partition coefficient (Wildman–Crippen LogP) is 2.37. The van der Waals surface area contributed by atoms with Crippen LogP contribution in [-0.2, 0) is 6.54 Å². The summed E-state index contributed by atoms with van der Waals surface area (Å²) in [6.07, 6.45) is 1.81. The molecule has 110 valence electrons. The molecule has 1 saturated heterocycles. The van der Waals surface area contributed by atoms with E-state index in [2.05, 4.69) is 14.8 Å². The second-order valence-corrected chi connectivity index (χ2v) is 6.09. The van der Waals surface area contributed by atoms with Crippen molar-refractivity contribution in [3.05, 3.63) is 51.5 Å². The van der Waals surface area contributed by atoms with Gasteiger partial charge in [-0.1, -0.05) is 17.4 Å². The summed E-state index contributed by atoms with van der Waals surface area (Å²) in [5, 5.41) is 10.9. The van der Waals surface area contributed by atoms with Gasteiger partial charge in [-0.2, -0.15) is 0 Å². The fourth-order valence-electron chi connectivity index (χ4n) is 2.45. The summed E-state index contributed by atoms with van der Waals surface area (Å²) in [7, 11) is 0. The van der Waals surface area contributed by atoms with Crippen LogP contribution >= 0.6 is 11.3 Å². The lowest BCUT2D eigenvalue weighted by molar-refractivity contribution is -0.380. The summed E-state index contributed by atoms with van der Waals surface area (Å²) in [5.41, 5.74) is 0. The highest BCUT2D eigenvalue weighted by atomic mass is 32.1. The molecule has 0 N–H and O–H groups in total. The third-order valence-electron chi connectivity index (χ3n) is 3.55. The SMILES string of the molecule is O=[N+]([O-])c1ccc(CN2CCN(c3ccccn3)CC2)s1. The normalized spacial score (nSPS) is 16.1. The summed E-state index contributed by atoms with van der Waals surface area (Å²) in [6.45, 7) is 4.55. The first-order chi connectivity index (χ1) is 10.2. The number of hydrogen-bond donors (Lipinski definition) is 0. The molecule has 2 aromatic heterocycles. The van der Waals surface area contributed by atoms with E-state index < -0.39 is 0 Å². The maximum atomic E-state index is 10.7. The van der Waals surface area contributed by atoms with Gasteiger partial charge in [0.2, 0.25) is 0 Å². The Bertz CT molecular complexity index is 608. The molecule has 0 bridgehead atoms. The highest BCUT2D eigenvalue weighted by molar-refractivity contribution is 7.15. The largest absolute Gasteiger partial charge is 0.354 e. The van der Waals surface area contributed by atoms with Gasteiger partial charge < -0.3 is 4.90 Å². The Morgan fingerprint density at radius 3 is 2.62 bits per heavy atom. The lowest BCUT2D eigenvalue weighted by Crippen LogP contribution is -2.46. The molecule has 3 heterocycles. The zero-order valence-corrected chi connectivity index (χ0v) is 12.3. The van der Waals surface area contributed by atoms with Crippen LogP contribution in [0.5, 0.6) is 0 Å². The molecule has 0 amide bonds. The van der Waals surface area contributed by atoms with E-state index >= 15 is 0 Å². The molecule has 0 atom stereocenters. The van der Waals surface area contributed by atoms with Crippen LogP contribution < -0.4 is 4.90 Å².